The summed E-state index contributed by atoms with van der Waals surface area (Å²) in [6.45, 7) is 3.58. The number of rotatable bonds is 4. The van der Waals surface area contributed by atoms with Gasteiger partial charge < -0.3 is 5.11 Å². The smallest absolute Gasteiger partial charge is 0.150 e. The van der Waals surface area contributed by atoms with Crippen LogP contribution in [0.25, 0.3) is 0 Å². The average molecular weight is 192 g/mol. The number of hydrogen-bond acceptors (Lipinski definition) is 2. The van der Waals surface area contributed by atoms with Crippen molar-refractivity contribution in [2.45, 2.75) is 32.3 Å². The molecule has 0 fully saturated rings. The molecule has 0 amide bonds. The number of aliphatic hydroxyl groups is 1. The molecule has 0 aromatic heterocycles. The summed E-state index contributed by atoms with van der Waals surface area (Å²) in [6, 6.07) is 7.47. The van der Waals surface area contributed by atoms with Gasteiger partial charge >= 0.3 is 0 Å². The minimum Gasteiger partial charge on any atom is -0.390 e. The Morgan fingerprint density at radius 3 is 2.71 bits per heavy atom. The Balaban J connectivity index is 2.63. The number of hydrogen-bond donors (Lipinski definition) is 1. The van der Waals surface area contributed by atoms with Crippen molar-refractivity contribution in [2.75, 3.05) is 0 Å². The predicted octanol–water partition coefficient (Wildman–Crippen LogP) is 2.20. The molecule has 0 aliphatic rings. The molecule has 0 aliphatic carbocycles. The Kier molecular flexibility index (Phi) is 3.42. The highest BCUT2D eigenvalue weighted by atomic mass is 16.3. The highest BCUT2D eigenvalue weighted by Crippen LogP contribution is 2.13. The molecule has 0 bridgehead atoms. The van der Waals surface area contributed by atoms with Crippen molar-refractivity contribution in [1.29, 1.82) is 0 Å². The third-order valence-corrected chi connectivity index (χ3v) is 2.11. The van der Waals surface area contributed by atoms with Gasteiger partial charge in [0.1, 0.15) is 6.29 Å². The summed E-state index contributed by atoms with van der Waals surface area (Å²) in [5.41, 5.74) is 1.15. The molecule has 14 heavy (non-hydrogen) atoms. The summed E-state index contributed by atoms with van der Waals surface area (Å²) in [5, 5.41) is 9.54. The van der Waals surface area contributed by atoms with Gasteiger partial charge in [0.2, 0.25) is 0 Å². The quantitative estimate of drug-likeness (QED) is 0.742. The van der Waals surface area contributed by atoms with Crippen LogP contribution in [-0.4, -0.2) is 17.0 Å². The van der Waals surface area contributed by atoms with Gasteiger partial charge in [-0.25, -0.2) is 0 Å². The molecule has 0 spiro atoms. The van der Waals surface area contributed by atoms with Crippen molar-refractivity contribution in [3.63, 3.8) is 0 Å². The van der Waals surface area contributed by atoms with Gasteiger partial charge in [0.05, 0.1) is 5.60 Å². The standard InChI is InChI=1S/C12H16O2/c1-12(2,14)7-6-10-4-3-5-11(8-10)9-13/h3-5,8-9,14H,6-7H2,1-2H3. The molecular weight excluding hydrogens is 176 g/mol. The van der Waals surface area contributed by atoms with E-state index in [1.54, 1.807) is 19.9 Å². The van der Waals surface area contributed by atoms with E-state index in [-0.39, 0.29) is 0 Å². The van der Waals surface area contributed by atoms with E-state index in [2.05, 4.69) is 0 Å². The van der Waals surface area contributed by atoms with E-state index in [0.717, 1.165) is 18.3 Å². The molecule has 1 N–H and O–H groups in total. The van der Waals surface area contributed by atoms with E-state index in [0.29, 0.717) is 12.0 Å². The number of benzene rings is 1. The molecular formula is C12H16O2. The Morgan fingerprint density at radius 1 is 1.43 bits per heavy atom. The third-order valence-electron chi connectivity index (χ3n) is 2.11. The van der Waals surface area contributed by atoms with Crippen LogP contribution in [0.2, 0.25) is 0 Å². The number of carbonyl (C=O) groups excluding carboxylic acids is 1. The fourth-order valence-corrected chi connectivity index (χ4v) is 1.27. The van der Waals surface area contributed by atoms with Crippen molar-refractivity contribution in [1.82, 2.24) is 0 Å². The lowest BCUT2D eigenvalue weighted by Gasteiger charge is -2.16. The van der Waals surface area contributed by atoms with Crippen LogP contribution in [-0.2, 0) is 6.42 Å². The van der Waals surface area contributed by atoms with Crippen LogP contribution >= 0.6 is 0 Å². The van der Waals surface area contributed by atoms with Crippen molar-refractivity contribution < 1.29 is 9.90 Å². The van der Waals surface area contributed by atoms with Gasteiger partial charge in [0.25, 0.3) is 0 Å². The molecule has 0 saturated heterocycles. The summed E-state index contributed by atoms with van der Waals surface area (Å²) in [4.78, 5) is 10.5. The van der Waals surface area contributed by atoms with E-state index in [1.165, 1.54) is 0 Å². The fourth-order valence-electron chi connectivity index (χ4n) is 1.27. The summed E-state index contributed by atoms with van der Waals surface area (Å²) in [5.74, 6) is 0. The molecule has 1 aromatic rings. The normalized spacial score (nSPS) is 11.4. The van der Waals surface area contributed by atoms with E-state index in [1.807, 2.05) is 18.2 Å². The highest BCUT2D eigenvalue weighted by molar-refractivity contribution is 5.74. The van der Waals surface area contributed by atoms with E-state index < -0.39 is 5.60 Å². The second-order valence-electron chi connectivity index (χ2n) is 4.18. The first-order chi connectivity index (χ1) is 6.51. The molecule has 2 heteroatoms. The number of carbonyl (C=O) groups is 1. The third kappa shape index (κ3) is 3.71. The molecule has 0 saturated carbocycles. The van der Waals surface area contributed by atoms with Crippen LogP contribution in [0.15, 0.2) is 24.3 Å². The maximum absolute atomic E-state index is 10.5. The SMILES string of the molecule is CC(C)(O)CCc1cccc(C=O)c1. The first kappa shape index (κ1) is 10.9. The second kappa shape index (κ2) is 4.38. The van der Waals surface area contributed by atoms with Crippen molar-refractivity contribution in [2.24, 2.45) is 0 Å². The zero-order valence-electron chi connectivity index (χ0n) is 8.66. The van der Waals surface area contributed by atoms with Crippen molar-refractivity contribution >= 4 is 6.29 Å². The Morgan fingerprint density at radius 2 is 2.14 bits per heavy atom. The van der Waals surface area contributed by atoms with Gasteiger partial charge in [-0.1, -0.05) is 18.2 Å². The number of aryl methyl sites for hydroxylation is 1. The van der Waals surface area contributed by atoms with Gasteiger partial charge in [0, 0.05) is 5.56 Å². The van der Waals surface area contributed by atoms with E-state index in [9.17, 15) is 9.90 Å². The molecule has 1 rings (SSSR count). The zero-order valence-corrected chi connectivity index (χ0v) is 8.66. The van der Waals surface area contributed by atoms with Gasteiger partial charge in [-0.2, -0.15) is 0 Å². The van der Waals surface area contributed by atoms with E-state index >= 15 is 0 Å². The van der Waals surface area contributed by atoms with Crippen LogP contribution in [0, 0.1) is 0 Å². The van der Waals surface area contributed by atoms with Crippen molar-refractivity contribution in [3.05, 3.63) is 35.4 Å². The Bertz CT molecular complexity index is 310. The number of aldehydes is 1. The summed E-state index contributed by atoms with van der Waals surface area (Å²) in [7, 11) is 0. The average Bonchev–Trinajstić information content (AvgIpc) is 2.14. The summed E-state index contributed by atoms with van der Waals surface area (Å²) >= 11 is 0. The molecule has 0 heterocycles. The van der Waals surface area contributed by atoms with Crippen LogP contribution < -0.4 is 0 Å². The Hall–Kier alpha value is -1.15. The first-order valence-corrected chi connectivity index (χ1v) is 4.78. The van der Waals surface area contributed by atoms with Crippen LogP contribution in [0.4, 0.5) is 0 Å². The van der Waals surface area contributed by atoms with Gasteiger partial charge in [-0.05, 0) is 38.3 Å². The maximum atomic E-state index is 10.5. The van der Waals surface area contributed by atoms with Gasteiger partial charge in [-0.3, -0.25) is 4.79 Å². The molecule has 0 radical (unpaired) electrons. The van der Waals surface area contributed by atoms with Crippen molar-refractivity contribution in [3.8, 4) is 0 Å². The zero-order chi connectivity index (χ0) is 10.6. The lowest BCUT2D eigenvalue weighted by atomic mass is 9.98. The minimum atomic E-state index is -0.642. The van der Waals surface area contributed by atoms with Crippen LogP contribution in [0.5, 0.6) is 0 Å². The molecule has 0 aliphatic heterocycles. The topological polar surface area (TPSA) is 37.3 Å². The largest absolute Gasteiger partial charge is 0.390 e. The summed E-state index contributed by atoms with van der Waals surface area (Å²) < 4.78 is 0. The predicted molar refractivity (Wildman–Crippen MR) is 56.4 cm³/mol. The monoisotopic (exact) mass is 192 g/mol. The molecule has 2 nitrogen and oxygen atoms in total. The molecule has 1 aromatic carbocycles. The fraction of sp³-hybridized carbons (Fsp3) is 0.417. The second-order valence-corrected chi connectivity index (χ2v) is 4.18. The van der Waals surface area contributed by atoms with Crippen LogP contribution in [0.3, 0.4) is 0 Å². The van der Waals surface area contributed by atoms with Gasteiger partial charge in [-0.15, -0.1) is 0 Å². The molecule has 76 valence electrons. The molecule has 0 atom stereocenters. The van der Waals surface area contributed by atoms with Gasteiger partial charge in [0.15, 0.2) is 0 Å². The first-order valence-electron chi connectivity index (χ1n) is 4.78. The lowest BCUT2D eigenvalue weighted by Crippen LogP contribution is -2.19. The maximum Gasteiger partial charge on any atom is 0.150 e. The lowest BCUT2D eigenvalue weighted by molar-refractivity contribution is 0.0714. The molecule has 0 unspecified atom stereocenters. The Labute approximate surface area is 84.6 Å². The highest BCUT2D eigenvalue weighted by Gasteiger charge is 2.11. The van der Waals surface area contributed by atoms with Crippen LogP contribution in [0.1, 0.15) is 36.2 Å². The summed E-state index contributed by atoms with van der Waals surface area (Å²) in [6.07, 6.45) is 2.34. The van der Waals surface area contributed by atoms with E-state index in [4.69, 9.17) is 0 Å². The minimum absolute atomic E-state index is 0.642.